The van der Waals surface area contributed by atoms with Gasteiger partial charge in [0.15, 0.2) is 0 Å². The van der Waals surface area contributed by atoms with Crippen LogP contribution in [0.5, 0.6) is 0 Å². The molecule has 2 saturated heterocycles. The predicted molar refractivity (Wildman–Crippen MR) is 137 cm³/mol. The Kier molecular flexibility index (Phi) is 7.58. The number of piperazine rings is 1. The van der Waals surface area contributed by atoms with Crippen LogP contribution in [0, 0.1) is 11.7 Å². The fourth-order valence-corrected chi connectivity index (χ4v) is 5.69. The van der Waals surface area contributed by atoms with Crippen molar-refractivity contribution in [1.29, 1.82) is 0 Å². The number of carbonyl (C=O) groups excluding carboxylic acids is 1. The van der Waals surface area contributed by atoms with Crippen molar-refractivity contribution in [1.82, 2.24) is 25.0 Å². The van der Waals surface area contributed by atoms with Crippen molar-refractivity contribution in [2.45, 2.75) is 19.3 Å². The highest BCUT2D eigenvalue weighted by Gasteiger charge is 2.27. The zero-order valence-corrected chi connectivity index (χ0v) is 20.7. The van der Waals surface area contributed by atoms with Gasteiger partial charge in [-0.05, 0) is 50.1 Å². The van der Waals surface area contributed by atoms with E-state index in [2.05, 4.69) is 30.2 Å². The molecule has 10 heteroatoms. The second-order valence-corrected chi connectivity index (χ2v) is 10.1. The van der Waals surface area contributed by atoms with Crippen molar-refractivity contribution < 1.29 is 9.18 Å². The van der Waals surface area contributed by atoms with E-state index in [9.17, 15) is 9.18 Å². The van der Waals surface area contributed by atoms with Gasteiger partial charge in [0.25, 0.3) is 0 Å². The Morgan fingerprint density at radius 1 is 1.00 bits per heavy atom. The molecule has 0 aliphatic carbocycles. The van der Waals surface area contributed by atoms with Gasteiger partial charge in [-0.25, -0.2) is 4.39 Å². The van der Waals surface area contributed by atoms with Gasteiger partial charge < -0.3 is 15.1 Å². The van der Waals surface area contributed by atoms with Gasteiger partial charge in [0.1, 0.15) is 5.82 Å². The van der Waals surface area contributed by atoms with Gasteiger partial charge in [-0.15, -0.1) is 10.2 Å². The maximum atomic E-state index is 14.0. The topological polar surface area (TPSA) is 69.5 Å². The molecule has 2 aromatic heterocycles. The molecule has 0 radical (unpaired) electrons. The second-order valence-electron chi connectivity index (χ2n) is 9.17. The van der Waals surface area contributed by atoms with E-state index in [1.807, 2.05) is 41.2 Å². The first kappa shape index (κ1) is 23.7. The summed E-state index contributed by atoms with van der Waals surface area (Å²) in [4.78, 5) is 19.5. The Bertz CT molecular complexity index is 1100. The molecule has 0 bridgehead atoms. The first-order valence-electron chi connectivity index (χ1n) is 12.4. The molecule has 186 valence electrons. The number of nitrogens with zero attached hydrogens (tertiary/aromatic N) is 6. The van der Waals surface area contributed by atoms with Gasteiger partial charge in [0.2, 0.25) is 16.2 Å². The molecular formula is C25H32FN7OS. The number of nitrogens with one attached hydrogen (secondary N) is 1. The molecule has 4 heterocycles. The molecule has 1 amide bonds. The standard InChI is InChI=1S/C25H32FN7OS/c26-21-8-1-2-9-22(21)31-17-15-30(16-18-31)11-6-10-27-23(34)20-7-5-14-33(19-20)25-29-28-24(35-25)32-12-3-4-13-32/h1-4,8-9,12-13,20H,5-7,10-11,14-19H2,(H,27,34)/t20-/m0/s1. The summed E-state index contributed by atoms with van der Waals surface area (Å²) in [7, 11) is 0. The van der Waals surface area contributed by atoms with E-state index in [1.165, 1.54) is 6.07 Å². The van der Waals surface area contributed by atoms with E-state index >= 15 is 0 Å². The van der Waals surface area contributed by atoms with Crippen LogP contribution in [-0.4, -0.2) is 77.9 Å². The lowest BCUT2D eigenvalue weighted by atomic mass is 9.97. The normalized spacial score (nSPS) is 19.2. The van der Waals surface area contributed by atoms with Gasteiger partial charge >= 0.3 is 0 Å². The Balaban J connectivity index is 1.02. The number of amides is 1. The summed E-state index contributed by atoms with van der Waals surface area (Å²) in [6, 6.07) is 10.9. The van der Waals surface area contributed by atoms with Crippen LogP contribution in [-0.2, 0) is 4.79 Å². The highest BCUT2D eigenvalue weighted by atomic mass is 32.1. The predicted octanol–water partition coefficient (Wildman–Crippen LogP) is 3.01. The molecule has 2 aliphatic rings. The zero-order valence-electron chi connectivity index (χ0n) is 19.9. The summed E-state index contributed by atoms with van der Waals surface area (Å²) in [5.74, 6) is -0.0429. The van der Waals surface area contributed by atoms with Crippen LogP contribution in [0.2, 0.25) is 0 Å². The van der Waals surface area contributed by atoms with E-state index in [4.69, 9.17) is 0 Å². The summed E-state index contributed by atoms with van der Waals surface area (Å²) in [5, 5.41) is 13.5. The summed E-state index contributed by atoms with van der Waals surface area (Å²) < 4.78 is 16.0. The van der Waals surface area contributed by atoms with Crippen molar-refractivity contribution >= 4 is 28.1 Å². The minimum Gasteiger partial charge on any atom is -0.367 e. The van der Waals surface area contributed by atoms with E-state index in [0.29, 0.717) is 18.8 Å². The number of anilines is 2. The van der Waals surface area contributed by atoms with Crippen LogP contribution in [0.4, 0.5) is 15.2 Å². The van der Waals surface area contributed by atoms with Gasteiger partial charge in [-0.2, -0.15) is 0 Å². The van der Waals surface area contributed by atoms with E-state index in [0.717, 1.165) is 68.8 Å². The van der Waals surface area contributed by atoms with Crippen molar-refractivity contribution in [3.8, 4) is 5.13 Å². The monoisotopic (exact) mass is 497 g/mol. The highest BCUT2D eigenvalue weighted by Crippen LogP contribution is 2.28. The molecule has 0 saturated carbocycles. The molecule has 2 aliphatic heterocycles. The molecule has 1 aromatic carbocycles. The maximum absolute atomic E-state index is 14.0. The third-order valence-electron chi connectivity index (χ3n) is 6.81. The van der Waals surface area contributed by atoms with Crippen molar-refractivity contribution in [3.63, 3.8) is 0 Å². The molecule has 0 spiro atoms. The smallest absolute Gasteiger partial charge is 0.224 e. The van der Waals surface area contributed by atoms with Crippen LogP contribution in [0.1, 0.15) is 19.3 Å². The fourth-order valence-electron chi connectivity index (χ4n) is 4.85. The Morgan fingerprint density at radius 3 is 2.57 bits per heavy atom. The van der Waals surface area contributed by atoms with Gasteiger partial charge in [-0.3, -0.25) is 14.3 Å². The molecule has 1 N–H and O–H groups in total. The van der Waals surface area contributed by atoms with Gasteiger partial charge in [0.05, 0.1) is 11.6 Å². The number of aromatic nitrogens is 3. The molecule has 1 atom stereocenters. The highest BCUT2D eigenvalue weighted by molar-refractivity contribution is 7.17. The van der Waals surface area contributed by atoms with Crippen LogP contribution in [0.3, 0.4) is 0 Å². The minimum atomic E-state index is -0.155. The first-order chi connectivity index (χ1) is 17.2. The number of carbonyl (C=O) groups is 1. The van der Waals surface area contributed by atoms with Crippen LogP contribution in [0.15, 0.2) is 48.8 Å². The molecule has 35 heavy (non-hydrogen) atoms. The molecule has 0 unspecified atom stereocenters. The quantitative estimate of drug-likeness (QED) is 0.483. The SMILES string of the molecule is O=C(NCCCN1CCN(c2ccccc2F)CC1)[C@H]1CCCN(c2nnc(-n3cccc3)s2)C1. The summed E-state index contributed by atoms with van der Waals surface area (Å²) in [6.45, 7) is 6.67. The largest absolute Gasteiger partial charge is 0.367 e. The van der Waals surface area contributed by atoms with Crippen molar-refractivity contribution in [2.75, 3.05) is 62.2 Å². The van der Waals surface area contributed by atoms with Crippen molar-refractivity contribution in [2.24, 2.45) is 5.92 Å². The zero-order chi connectivity index (χ0) is 24.0. The van der Waals surface area contributed by atoms with Crippen LogP contribution >= 0.6 is 11.3 Å². The van der Waals surface area contributed by atoms with E-state index < -0.39 is 0 Å². The summed E-state index contributed by atoms with van der Waals surface area (Å²) in [6.07, 6.45) is 6.71. The number of piperidine rings is 1. The number of rotatable bonds is 8. The van der Waals surface area contributed by atoms with Crippen molar-refractivity contribution in [3.05, 3.63) is 54.6 Å². The lowest BCUT2D eigenvalue weighted by Crippen LogP contribution is -2.47. The second kappa shape index (κ2) is 11.2. The molecule has 5 rings (SSSR count). The lowest BCUT2D eigenvalue weighted by Gasteiger charge is -2.36. The maximum Gasteiger partial charge on any atom is 0.224 e. The molecule has 8 nitrogen and oxygen atoms in total. The lowest BCUT2D eigenvalue weighted by molar-refractivity contribution is -0.125. The number of hydrogen-bond donors (Lipinski definition) is 1. The van der Waals surface area contributed by atoms with E-state index in [-0.39, 0.29) is 17.6 Å². The van der Waals surface area contributed by atoms with Crippen LogP contribution in [0.25, 0.3) is 5.13 Å². The first-order valence-corrected chi connectivity index (χ1v) is 13.2. The average molecular weight is 498 g/mol. The third kappa shape index (κ3) is 5.82. The Labute approximate surface area is 209 Å². The third-order valence-corrected chi connectivity index (χ3v) is 7.80. The Hall–Kier alpha value is -2.98. The average Bonchev–Trinajstić information content (AvgIpc) is 3.60. The minimum absolute atomic E-state index is 0.0213. The van der Waals surface area contributed by atoms with Crippen LogP contribution < -0.4 is 15.1 Å². The fraction of sp³-hybridized carbons (Fsp3) is 0.480. The molecular weight excluding hydrogens is 465 g/mol. The van der Waals surface area contributed by atoms with Gasteiger partial charge in [-0.1, -0.05) is 23.5 Å². The molecule has 3 aromatic rings. The van der Waals surface area contributed by atoms with E-state index in [1.54, 1.807) is 17.4 Å². The number of halogens is 1. The number of benzene rings is 1. The van der Waals surface area contributed by atoms with Gasteiger partial charge in [0, 0.05) is 58.2 Å². The summed E-state index contributed by atoms with van der Waals surface area (Å²) >= 11 is 1.55. The Morgan fingerprint density at radius 2 is 1.77 bits per heavy atom. The summed E-state index contributed by atoms with van der Waals surface area (Å²) in [5.41, 5.74) is 0.690. The molecule has 2 fully saturated rings. The number of hydrogen-bond acceptors (Lipinski definition) is 7. The number of para-hydroxylation sites is 1.